The van der Waals surface area contributed by atoms with Crippen LogP contribution in [0.5, 0.6) is 0 Å². The van der Waals surface area contributed by atoms with Crippen LogP contribution in [0.1, 0.15) is 85.0 Å². The first kappa shape index (κ1) is 22.7. The number of rotatable bonds is 8. The van der Waals surface area contributed by atoms with E-state index in [0.717, 1.165) is 32.3 Å². The minimum Gasteiger partial charge on any atom is -0.462 e. The predicted octanol–water partition coefficient (Wildman–Crippen LogP) is 5.36. The fourth-order valence-electron chi connectivity index (χ4n) is 8.16. The van der Waals surface area contributed by atoms with Crippen LogP contribution in [0.25, 0.3) is 0 Å². The number of carbonyl (C=O) groups is 2. The lowest BCUT2D eigenvalue weighted by Crippen LogP contribution is -2.42. The maximum absolute atomic E-state index is 12.9. The van der Waals surface area contributed by atoms with Crippen molar-refractivity contribution in [2.45, 2.75) is 91.1 Å². The molecule has 8 atom stereocenters. The van der Waals surface area contributed by atoms with E-state index in [1.807, 2.05) is 20.8 Å². The lowest BCUT2D eigenvalue weighted by atomic mass is 9.67. The molecule has 0 aromatic carbocycles. The summed E-state index contributed by atoms with van der Waals surface area (Å²) in [7, 11) is 0. The van der Waals surface area contributed by atoms with Crippen LogP contribution in [0.4, 0.5) is 0 Å². The first-order valence-electron chi connectivity index (χ1n) is 13.3. The summed E-state index contributed by atoms with van der Waals surface area (Å²) in [4.78, 5) is 25.5. The number of hydrogen-bond acceptors (Lipinski definition) is 5. The molecule has 180 valence electrons. The van der Waals surface area contributed by atoms with E-state index in [-0.39, 0.29) is 30.8 Å². The van der Waals surface area contributed by atoms with E-state index in [0.29, 0.717) is 41.4 Å². The smallest absolute Gasteiger partial charge is 0.311 e. The van der Waals surface area contributed by atoms with Crippen LogP contribution in [0.2, 0.25) is 0 Å². The maximum Gasteiger partial charge on any atom is 0.311 e. The van der Waals surface area contributed by atoms with Crippen LogP contribution in [0.3, 0.4) is 0 Å². The van der Waals surface area contributed by atoms with Gasteiger partial charge in [-0.1, -0.05) is 26.2 Å². The van der Waals surface area contributed by atoms with Crippen LogP contribution < -0.4 is 0 Å². The van der Waals surface area contributed by atoms with Crippen molar-refractivity contribution in [2.75, 3.05) is 13.4 Å². The summed E-state index contributed by atoms with van der Waals surface area (Å²) in [5, 5.41) is 0. The Kier molecular flexibility index (Phi) is 6.32. The van der Waals surface area contributed by atoms with Gasteiger partial charge in [-0.15, -0.1) is 0 Å². The van der Waals surface area contributed by atoms with E-state index < -0.39 is 5.41 Å². The van der Waals surface area contributed by atoms with Crippen LogP contribution in [-0.2, 0) is 23.8 Å². The second-order valence-electron chi connectivity index (χ2n) is 12.2. The van der Waals surface area contributed by atoms with Gasteiger partial charge >= 0.3 is 11.9 Å². The van der Waals surface area contributed by atoms with E-state index in [2.05, 4.69) is 0 Å². The molecule has 0 aliphatic heterocycles. The summed E-state index contributed by atoms with van der Waals surface area (Å²) in [6.45, 7) is 6.87. The van der Waals surface area contributed by atoms with Crippen LogP contribution in [-0.4, -0.2) is 31.4 Å². The zero-order chi connectivity index (χ0) is 22.5. The second-order valence-corrected chi connectivity index (χ2v) is 12.2. The Labute approximate surface area is 193 Å². The molecule has 0 N–H and O–H groups in total. The topological polar surface area (TPSA) is 61.8 Å². The molecule has 0 saturated heterocycles. The summed E-state index contributed by atoms with van der Waals surface area (Å²) < 4.78 is 17.4. The van der Waals surface area contributed by atoms with Gasteiger partial charge in [-0.3, -0.25) is 9.59 Å². The van der Waals surface area contributed by atoms with Crippen molar-refractivity contribution in [3.05, 3.63) is 0 Å². The monoisotopic (exact) mass is 446 g/mol. The van der Waals surface area contributed by atoms with Crippen molar-refractivity contribution >= 4 is 11.9 Å². The molecular formula is C27H42O5. The molecule has 5 nitrogen and oxygen atoms in total. The quantitative estimate of drug-likeness (QED) is 0.217. The van der Waals surface area contributed by atoms with E-state index in [1.165, 1.54) is 38.5 Å². The van der Waals surface area contributed by atoms with Crippen molar-refractivity contribution in [2.24, 2.45) is 52.8 Å². The molecule has 0 spiro atoms. The SMILES string of the molecule is CCC(C)(C)C(=O)OC1CC2CC1C1C3CC(C(=O)OCOCC4CCCCC4)C(C3)C21. The lowest BCUT2D eigenvalue weighted by molar-refractivity contribution is -0.168. The van der Waals surface area contributed by atoms with Crippen molar-refractivity contribution in [3.8, 4) is 0 Å². The molecule has 5 aliphatic carbocycles. The first-order chi connectivity index (χ1) is 15.4. The van der Waals surface area contributed by atoms with E-state index >= 15 is 0 Å². The Morgan fingerprint density at radius 1 is 0.906 bits per heavy atom. The molecule has 0 amide bonds. The molecule has 5 heteroatoms. The molecule has 0 heterocycles. The molecule has 5 rings (SSSR count). The van der Waals surface area contributed by atoms with Crippen LogP contribution in [0, 0.1) is 52.8 Å². The van der Waals surface area contributed by atoms with Crippen LogP contribution >= 0.6 is 0 Å². The molecule has 4 bridgehead atoms. The Morgan fingerprint density at radius 3 is 2.34 bits per heavy atom. The third-order valence-corrected chi connectivity index (χ3v) is 10.1. The highest BCUT2D eigenvalue weighted by atomic mass is 16.7. The molecular weight excluding hydrogens is 404 g/mol. The zero-order valence-corrected chi connectivity index (χ0v) is 20.2. The molecule has 8 unspecified atom stereocenters. The third-order valence-electron chi connectivity index (χ3n) is 10.1. The standard InChI is InChI=1S/C27H42O5/c1-4-27(2,3)26(29)32-22-13-18-12-21(22)24-17-10-19(23(18)24)20(11-17)25(28)31-15-30-14-16-8-6-5-7-9-16/h16-24H,4-15H2,1-3H3. The number of esters is 2. The fraction of sp³-hybridized carbons (Fsp3) is 0.926. The zero-order valence-electron chi connectivity index (χ0n) is 20.2. The Balaban J connectivity index is 1.11. The molecule has 0 aromatic rings. The molecule has 32 heavy (non-hydrogen) atoms. The summed E-state index contributed by atoms with van der Waals surface area (Å²) in [5.41, 5.74) is -0.399. The lowest BCUT2D eigenvalue weighted by Gasteiger charge is -2.41. The largest absolute Gasteiger partial charge is 0.462 e. The van der Waals surface area contributed by atoms with Gasteiger partial charge in [0.1, 0.15) is 6.10 Å². The van der Waals surface area contributed by atoms with Gasteiger partial charge in [0.15, 0.2) is 6.79 Å². The van der Waals surface area contributed by atoms with Crippen LogP contribution in [0.15, 0.2) is 0 Å². The van der Waals surface area contributed by atoms with Crippen molar-refractivity contribution in [3.63, 3.8) is 0 Å². The van der Waals surface area contributed by atoms with Gasteiger partial charge in [0.25, 0.3) is 0 Å². The summed E-state index contributed by atoms with van der Waals surface area (Å²) in [6.07, 6.45) is 11.6. The summed E-state index contributed by atoms with van der Waals surface area (Å²) in [5.74, 6) is 4.09. The van der Waals surface area contributed by atoms with Crippen molar-refractivity contribution < 1.29 is 23.8 Å². The average molecular weight is 447 g/mol. The second kappa shape index (κ2) is 8.92. The normalized spacial score (nSPS) is 40.5. The predicted molar refractivity (Wildman–Crippen MR) is 120 cm³/mol. The fourth-order valence-corrected chi connectivity index (χ4v) is 8.16. The molecule has 5 aliphatic rings. The van der Waals surface area contributed by atoms with Crippen molar-refractivity contribution in [1.82, 2.24) is 0 Å². The number of hydrogen-bond donors (Lipinski definition) is 0. The highest BCUT2D eigenvalue weighted by Crippen LogP contribution is 2.69. The van der Waals surface area contributed by atoms with Gasteiger partial charge in [-0.25, -0.2) is 0 Å². The van der Waals surface area contributed by atoms with Gasteiger partial charge < -0.3 is 14.2 Å². The molecule has 0 aromatic heterocycles. The Hall–Kier alpha value is -1.10. The Morgan fingerprint density at radius 2 is 1.59 bits per heavy atom. The van der Waals surface area contributed by atoms with Gasteiger partial charge in [0.2, 0.25) is 0 Å². The Bertz CT molecular complexity index is 711. The highest BCUT2D eigenvalue weighted by Gasteiger charge is 2.66. The number of ether oxygens (including phenoxy) is 3. The minimum atomic E-state index is -0.399. The van der Waals surface area contributed by atoms with E-state index in [9.17, 15) is 9.59 Å². The average Bonchev–Trinajstić information content (AvgIpc) is 3.56. The van der Waals surface area contributed by atoms with Gasteiger partial charge in [0, 0.05) is 0 Å². The van der Waals surface area contributed by atoms with E-state index in [4.69, 9.17) is 14.2 Å². The minimum absolute atomic E-state index is 0.0324. The summed E-state index contributed by atoms with van der Waals surface area (Å²) in [6, 6.07) is 0. The number of fused-ring (bicyclic) bond motifs is 9. The molecule has 0 radical (unpaired) electrons. The maximum atomic E-state index is 12.9. The molecule has 5 fully saturated rings. The first-order valence-corrected chi connectivity index (χ1v) is 13.3. The molecule has 5 saturated carbocycles. The number of carbonyl (C=O) groups excluding carboxylic acids is 2. The van der Waals surface area contributed by atoms with Gasteiger partial charge in [-0.2, -0.15) is 0 Å². The van der Waals surface area contributed by atoms with Gasteiger partial charge in [0.05, 0.1) is 17.9 Å². The van der Waals surface area contributed by atoms with Gasteiger partial charge in [-0.05, 0) is 100 Å². The summed E-state index contributed by atoms with van der Waals surface area (Å²) >= 11 is 0. The van der Waals surface area contributed by atoms with Crippen molar-refractivity contribution in [1.29, 1.82) is 0 Å². The third kappa shape index (κ3) is 4.01. The van der Waals surface area contributed by atoms with E-state index in [1.54, 1.807) is 0 Å². The highest BCUT2D eigenvalue weighted by molar-refractivity contribution is 5.76.